The molecule has 4 aromatic rings. The normalized spacial score (nSPS) is 19.6. The van der Waals surface area contributed by atoms with Crippen molar-refractivity contribution in [3.05, 3.63) is 131 Å². The van der Waals surface area contributed by atoms with Gasteiger partial charge in [-0.1, -0.05) is 64.5 Å². The molecule has 15 heteroatoms. The second kappa shape index (κ2) is 12.7. The maximum absolute atomic E-state index is 14.8. The van der Waals surface area contributed by atoms with Gasteiger partial charge in [-0.25, -0.2) is 27.2 Å². The molecule has 0 radical (unpaired) electrons. The molecule has 3 aliphatic rings. The van der Waals surface area contributed by atoms with Gasteiger partial charge in [0.25, 0.3) is 0 Å². The van der Waals surface area contributed by atoms with E-state index in [-0.39, 0.29) is 18.1 Å². The molecule has 0 aromatic heterocycles. The molecule has 0 fully saturated rings. The first-order chi connectivity index (χ1) is 22.2. The van der Waals surface area contributed by atoms with Crippen molar-refractivity contribution in [2.75, 3.05) is 13.2 Å². The Hall–Kier alpha value is -3.11. The second-order valence-electron chi connectivity index (χ2n) is 10.9. The van der Waals surface area contributed by atoms with Crippen LogP contribution in [-0.4, -0.2) is 38.1 Å². The summed E-state index contributed by atoms with van der Waals surface area (Å²) >= 11 is 10.1. The minimum absolute atomic E-state index is 0.172. The van der Waals surface area contributed by atoms with E-state index in [1.54, 1.807) is 12.1 Å². The Balaban J connectivity index is 1.37. The highest BCUT2D eigenvalue weighted by Gasteiger charge is 2.50. The van der Waals surface area contributed by atoms with Gasteiger partial charge in [0, 0.05) is 37.1 Å². The zero-order valence-electron chi connectivity index (χ0n) is 23.4. The van der Waals surface area contributed by atoms with E-state index in [1.807, 2.05) is 48.5 Å². The standard InChI is InChI=1S/C32H19Br3F4O7S/c33-13-9-20(34)24(21(35)10-13)31(40)45-11-18-19(23-16-7-3-1-5-14(16)22(18)15-6-2-4-8-17(15)23)12-46-32(41)25-26(36)28(38)30(47(42,43)44)29(39)27(25)37/h1-10,18-19,22-23H,11-12H2,(H,42,43,44). The summed E-state index contributed by atoms with van der Waals surface area (Å²) < 4.78 is 103. The minimum Gasteiger partial charge on any atom is -0.462 e. The summed E-state index contributed by atoms with van der Waals surface area (Å²) in [5.41, 5.74) is 2.11. The van der Waals surface area contributed by atoms with E-state index in [0.29, 0.717) is 13.4 Å². The predicted octanol–water partition coefficient (Wildman–Crippen LogP) is 8.31. The van der Waals surface area contributed by atoms with E-state index < -0.39 is 80.1 Å². The van der Waals surface area contributed by atoms with Crippen LogP contribution in [0.15, 0.2) is 79.0 Å². The van der Waals surface area contributed by atoms with Gasteiger partial charge in [-0.15, -0.1) is 0 Å². The summed E-state index contributed by atoms with van der Waals surface area (Å²) in [4.78, 5) is 24.1. The fourth-order valence-corrected chi connectivity index (χ4v) is 9.80. The summed E-state index contributed by atoms with van der Waals surface area (Å²) in [6.45, 7) is -0.701. The molecule has 3 aliphatic carbocycles. The quantitative estimate of drug-likeness (QED) is 0.0863. The molecule has 0 heterocycles. The van der Waals surface area contributed by atoms with E-state index in [1.165, 1.54) is 0 Å². The van der Waals surface area contributed by atoms with Gasteiger partial charge in [-0.2, -0.15) is 8.42 Å². The Kier molecular flexibility index (Phi) is 9.15. The molecular weight excluding hydrogens is 844 g/mol. The van der Waals surface area contributed by atoms with Crippen LogP contribution in [0.1, 0.15) is 54.8 Å². The van der Waals surface area contributed by atoms with Gasteiger partial charge in [-0.05, 0) is 66.2 Å². The number of hydrogen-bond donors (Lipinski definition) is 1. The lowest BCUT2D eigenvalue weighted by molar-refractivity contribution is 0.0110. The van der Waals surface area contributed by atoms with Gasteiger partial charge in [0.1, 0.15) is 5.56 Å². The van der Waals surface area contributed by atoms with E-state index >= 15 is 0 Å². The third-order valence-electron chi connectivity index (χ3n) is 8.45. The zero-order valence-corrected chi connectivity index (χ0v) is 29.0. The minimum atomic E-state index is -5.72. The molecule has 0 amide bonds. The number of rotatable bonds is 7. The van der Waals surface area contributed by atoms with Crippen molar-refractivity contribution in [1.82, 2.24) is 0 Å². The molecular formula is C32H19Br3F4O7S. The first-order valence-corrected chi connectivity index (χ1v) is 17.5. The number of hydrogen-bond acceptors (Lipinski definition) is 6. The van der Waals surface area contributed by atoms with E-state index in [9.17, 15) is 35.6 Å². The van der Waals surface area contributed by atoms with Crippen LogP contribution >= 0.6 is 47.8 Å². The lowest BCUT2D eigenvalue weighted by Crippen LogP contribution is -2.44. The first-order valence-electron chi connectivity index (χ1n) is 13.7. The predicted molar refractivity (Wildman–Crippen MR) is 170 cm³/mol. The molecule has 2 unspecified atom stereocenters. The van der Waals surface area contributed by atoms with Crippen LogP contribution in [0, 0.1) is 35.1 Å². The highest BCUT2D eigenvalue weighted by Crippen LogP contribution is 2.58. The lowest BCUT2D eigenvalue weighted by Gasteiger charge is -2.50. The summed E-state index contributed by atoms with van der Waals surface area (Å²) in [5, 5.41) is 0. The van der Waals surface area contributed by atoms with Crippen LogP contribution in [0.3, 0.4) is 0 Å². The molecule has 0 saturated carbocycles. The SMILES string of the molecule is O=C(OCC1C2c3ccccc3C(c3ccccc32)C1COC(=O)c1c(F)c(F)c(S(=O)(=O)O)c(F)c1F)c1c(Br)cc(Br)cc1Br. The molecule has 0 spiro atoms. The van der Waals surface area contributed by atoms with E-state index in [0.717, 1.165) is 22.3 Å². The number of ether oxygens (including phenoxy) is 2. The molecule has 7 rings (SSSR count). The van der Waals surface area contributed by atoms with E-state index in [4.69, 9.17) is 14.0 Å². The number of esters is 2. The topological polar surface area (TPSA) is 107 Å². The number of halogens is 7. The van der Waals surface area contributed by atoms with Gasteiger partial charge in [-0.3, -0.25) is 4.55 Å². The van der Waals surface area contributed by atoms with Gasteiger partial charge in [0.15, 0.2) is 28.2 Å². The summed E-state index contributed by atoms with van der Waals surface area (Å²) in [7, 11) is -5.72. The average molecular weight is 863 g/mol. The Morgan fingerprint density at radius 2 is 1.02 bits per heavy atom. The van der Waals surface area contributed by atoms with Crippen molar-refractivity contribution in [2.24, 2.45) is 11.8 Å². The Morgan fingerprint density at radius 3 is 1.38 bits per heavy atom. The second-order valence-corrected chi connectivity index (χ2v) is 14.9. The van der Waals surface area contributed by atoms with Crippen LogP contribution in [-0.2, 0) is 19.6 Å². The summed E-state index contributed by atoms with van der Waals surface area (Å²) in [6.07, 6.45) is 0. The Bertz CT molecular complexity index is 1990. The maximum Gasteiger partial charge on any atom is 0.344 e. The maximum atomic E-state index is 14.8. The zero-order chi connectivity index (χ0) is 33.9. The largest absolute Gasteiger partial charge is 0.462 e. The van der Waals surface area contributed by atoms with Gasteiger partial charge in [0.2, 0.25) is 0 Å². The molecule has 7 nitrogen and oxygen atoms in total. The number of fused-ring (bicyclic) bond motifs is 1. The van der Waals surface area contributed by atoms with Crippen molar-refractivity contribution in [3.63, 3.8) is 0 Å². The van der Waals surface area contributed by atoms with E-state index in [2.05, 4.69) is 47.8 Å². The van der Waals surface area contributed by atoms with Crippen LogP contribution < -0.4 is 0 Å². The highest BCUT2D eigenvalue weighted by atomic mass is 79.9. The van der Waals surface area contributed by atoms with Crippen molar-refractivity contribution in [2.45, 2.75) is 16.7 Å². The van der Waals surface area contributed by atoms with Crippen molar-refractivity contribution < 1.29 is 49.6 Å². The Labute approximate surface area is 290 Å². The lowest BCUT2D eigenvalue weighted by atomic mass is 9.54. The number of carbonyl (C=O) groups excluding carboxylic acids is 2. The molecule has 2 bridgehead atoms. The fraction of sp³-hybridized carbons (Fsp3) is 0.188. The van der Waals surface area contributed by atoms with Crippen LogP contribution in [0.5, 0.6) is 0 Å². The number of carbonyl (C=O) groups is 2. The summed E-state index contributed by atoms with van der Waals surface area (Å²) in [6, 6.07) is 18.4. The van der Waals surface area contributed by atoms with Crippen LogP contribution in [0.25, 0.3) is 0 Å². The summed E-state index contributed by atoms with van der Waals surface area (Å²) in [5.74, 6) is -14.1. The average Bonchev–Trinajstić information content (AvgIpc) is 3.01. The molecule has 244 valence electrons. The fourth-order valence-electron chi connectivity index (χ4n) is 6.59. The van der Waals surface area contributed by atoms with Crippen molar-refractivity contribution in [1.29, 1.82) is 0 Å². The monoisotopic (exact) mass is 860 g/mol. The third kappa shape index (κ3) is 5.83. The smallest absolute Gasteiger partial charge is 0.344 e. The molecule has 0 saturated heterocycles. The Morgan fingerprint density at radius 1 is 0.660 bits per heavy atom. The third-order valence-corrected chi connectivity index (χ3v) is 11.0. The molecule has 2 atom stereocenters. The van der Waals surface area contributed by atoms with Crippen molar-refractivity contribution in [3.8, 4) is 0 Å². The van der Waals surface area contributed by atoms with Gasteiger partial charge >= 0.3 is 22.1 Å². The molecule has 1 N–H and O–H groups in total. The van der Waals surface area contributed by atoms with Crippen molar-refractivity contribution >= 4 is 69.8 Å². The molecule has 47 heavy (non-hydrogen) atoms. The first kappa shape index (κ1) is 33.8. The molecule has 0 aliphatic heterocycles. The van der Waals surface area contributed by atoms with Gasteiger partial charge in [0.05, 0.1) is 18.8 Å². The highest BCUT2D eigenvalue weighted by molar-refractivity contribution is 9.11. The number of benzene rings is 4. The van der Waals surface area contributed by atoms with Crippen LogP contribution in [0.4, 0.5) is 17.6 Å². The van der Waals surface area contributed by atoms with Crippen LogP contribution in [0.2, 0.25) is 0 Å². The van der Waals surface area contributed by atoms with Gasteiger partial charge < -0.3 is 9.47 Å². The molecule has 4 aromatic carbocycles.